The van der Waals surface area contributed by atoms with Crippen molar-refractivity contribution in [3.8, 4) is 5.75 Å². The number of rotatable bonds is 7. The second-order valence-corrected chi connectivity index (χ2v) is 6.52. The van der Waals surface area contributed by atoms with Gasteiger partial charge >= 0.3 is 5.97 Å². The molecule has 27 heavy (non-hydrogen) atoms. The highest BCUT2D eigenvalue weighted by molar-refractivity contribution is 14.0. The van der Waals surface area contributed by atoms with Gasteiger partial charge < -0.3 is 20.1 Å². The van der Waals surface area contributed by atoms with Crippen LogP contribution in [0.5, 0.6) is 5.75 Å². The Bertz CT molecular complexity index is 585. The lowest BCUT2D eigenvalue weighted by molar-refractivity contribution is -0.149. The fraction of sp³-hybridized carbons (Fsp3) is 0.600. The molecule has 6 nitrogen and oxygen atoms in total. The first-order chi connectivity index (χ1) is 12.6. The molecule has 1 aliphatic heterocycles. The van der Waals surface area contributed by atoms with Gasteiger partial charge in [0.1, 0.15) is 5.75 Å². The molecular weight excluding hydrogens is 457 g/mol. The van der Waals surface area contributed by atoms with E-state index in [9.17, 15) is 9.90 Å². The number of hydrogen-bond acceptors (Lipinski definition) is 4. The molecule has 1 saturated heterocycles. The van der Waals surface area contributed by atoms with Crippen LogP contribution in [0.3, 0.4) is 0 Å². The third-order valence-electron chi connectivity index (χ3n) is 4.57. The molecular formula is C20H32IN3O3. The maximum absolute atomic E-state index is 11.9. The van der Waals surface area contributed by atoms with Gasteiger partial charge in [0, 0.05) is 26.2 Å². The fourth-order valence-corrected chi connectivity index (χ4v) is 3.14. The minimum Gasteiger partial charge on any atom is -0.508 e. The van der Waals surface area contributed by atoms with Crippen molar-refractivity contribution in [2.45, 2.75) is 39.5 Å². The van der Waals surface area contributed by atoms with Crippen LogP contribution >= 0.6 is 24.0 Å². The van der Waals surface area contributed by atoms with Gasteiger partial charge in [-0.05, 0) is 57.2 Å². The molecule has 0 bridgehead atoms. The molecule has 2 rings (SSSR count). The number of carbonyl (C=O) groups is 1. The molecule has 1 heterocycles. The third-order valence-corrected chi connectivity index (χ3v) is 4.57. The summed E-state index contributed by atoms with van der Waals surface area (Å²) in [7, 11) is 0. The van der Waals surface area contributed by atoms with Crippen LogP contribution in [0.2, 0.25) is 0 Å². The van der Waals surface area contributed by atoms with Crippen molar-refractivity contribution in [3.05, 3.63) is 29.8 Å². The molecule has 1 aromatic carbocycles. The summed E-state index contributed by atoms with van der Waals surface area (Å²) in [5, 5.41) is 12.7. The van der Waals surface area contributed by atoms with Gasteiger partial charge in [0.15, 0.2) is 5.96 Å². The Balaban J connectivity index is 0.00000364. The molecule has 0 unspecified atom stereocenters. The summed E-state index contributed by atoms with van der Waals surface area (Å²) in [6.45, 7) is 7.60. The molecule has 0 atom stereocenters. The van der Waals surface area contributed by atoms with Crippen molar-refractivity contribution in [1.82, 2.24) is 10.2 Å². The van der Waals surface area contributed by atoms with Crippen molar-refractivity contribution in [2.75, 3.05) is 32.8 Å². The van der Waals surface area contributed by atoms with Crippen molar-refractivity contribution < 1.29 is 14.6 Å². The Morgan fingerprint density at radius 1 is 1.26 bits per heavy atom. The second kappa shape index (κ2) is 12.8. The Labute approximate surface area is 179 Å². The number of nitrogens with one attached hydrogen (secondary N) is 1. The van der Waals surface area contributed by atoms with E-state index in [0.29, 0.717) is 12.4 Å². The maximum atomic E-state index is 11.9. The molecule has 0 radical (unpaired) electrons. The number of carbonyl (C=O) groups excluding carboxylic acids is 1. The molecule has 0 aliphatic carbocycles. The molecule has 0 aromatic heterocycles. The van der Waals surface area contributed by atoms with Crippen LogP contribution in [0.25, 0.3) is 0 Å². The number of likely N-dealkylation sites (tertiary alicyclic amines) is 1. The standard InChI is InChI=1S/C20H31N3O3.HI/c1-3-21-20(22-13-5-6-16-7-9-18(24)10-8-16)23-14-11-17(12-15-23)19(25)26-4-2;/h7-10,17,24H,3-6,11-15H2,1-2H3,(H,21,22);1H. The average molecular weight is 489 g/mol. The highest BCUT2D eigenvalue weighted by Crippen LogP contribution is 2.19. The number of piperidine rings is 1. The Hall–Kier alpha value is -1.51. The third kappa shape index (κ3) is 7.94. The lowest BCUT2D eigenvalue weighted by Gasteiger charge is -2.33. The number of phenols is 1. The lowest BCUT2D eigenvalue weighted by atomic mass is 9.97. The summed E-state index contributed by atoms with van der Waals surface area (Å²) >= 11 is 0. The normalized spacial score (nSPS) is 15.2. The predicted octanol–water partition coefficient (Wildman–Crippen LogP) is 3.18. The number of hydrogen-bond donors (Lipinski definition) is 2. The number of aliphatic imine (C=N–C) groups is 1. The van der Waals surface area contributed by atoms with Gasteiger partial charge in [-0.2, -0.15) is 0 Å². The summed E-state index contributed by atoms with van der Waals surface area (Å²) in [5.74, 6) is 1.18. The second-order valence-electron chi connectivity index (χ2n) is 6.52. The van der Waals surface area contributed by atoms with Gasteiger partial charge in [0.25, 0.3) is 0 Å². The van der Waals surface area contributed by atoms with Crippen molar-refractivity contribution in [2.24, 2.45) is 10.9 Å². The number of esters is 1. The molecule has 1 aliphatic rings. The number of aryl methyl sites for hydroxylation is 1. The number of ether oxygens (including phenoxy) is 1. The smallest absolute Gasteiger partial charge is 0.309 e. The van der Waals surface area contributed by atoms with Crippen LogP contribution in [-0.2, 0) is 16.0 Å². The van der Waals surface area contributed by atoms with E-state index in [4.69, 9.17) is 9.73 Å². The molecule has 0 spiro atoms. The zero-order valence-electron chi connectivity index (χ0n) is 16.3. The monoisotopic (exact) mass is 489 g/mol. The van der Waals surface area contributed by atoms with E-state index in [-0.39, 0.29) is 35.9 Å². The van der Waals surface area contributed by atoms with E-state index < -0.39 is 0 Å². The first kappa shape index (κ1) is 23.5. The van der Waals surface area contributed by atoms with Crippen molar-refractivity contribution in [1.29, 1.82) is 0 Å². The summed E-state index contributed by atoms with van der Waals surface area (Å²) in [4.78, 5) is 18.8. The lowest BCUT2D eigenvalue weighted by Crippen LogP contribution is -2.46. The van der Waals surface area contributed by atoms with E-state index in [1.54, 1.807) is 12.1 Å². The minimum absolute atomic E-state index is 0. The Kier molecular flexibility index (Phi) is 11.2. The highest BCUT2D eigenvalue weighted by atomic mass is 127. The molecule has 152 valence electrons. The van der Waals surface area contributed by atoms with Gasteiger partial charge in [-0.25, -0.2) is 0 Å². The van der Waals surface area contributed by atoms with E-state index in [1.165, 1.54) is 5.56 Å². The van der Waals surface area contributed by atoms with Crippen LogP contribution in [0.15, 0.2) is 29.3 Å². The largest absolute Gasteiger partial charge is 0.508 e. The van der Waals surface area contributed by atoms with Gasteiger partial charge in [-0.1, -0.05) is 12.1 Å². The zero-order chi connectivity index (χ0) is 18.8. The van der Waals surface area contributed by atoms with Crippen molar-refractivity contribution in [3.63, 3.8) is 0 Å². The van der Waals surface area contributed by atoms with E-state index in [2.05, 4.69) is 17.1 Å². The Morgan fingerprint density at radius 3 is 2.52 bits per heavy atom. The van der Waals surface area contributed by atoms with Crippen LogP contribution in [0.4, 0.5) is 0 Å². The first-order valence-corrected chi connectivity index (χ1v) is 9.61. The number of guanidine groups is 1. The van der Waals surface area contributed by atoms with Crippen LogP contribution in [0.1, 0.15) is 38.7 Å². The fourth-order valence-electron chi connectivity index (χ4n) is 3.14. The molecule has 1 aromatic rings. The van der Waals surface area contributed by atoms with Gasteiger partial charge in [0.2, 0.25) is 0 Å². The first-order valence-electron chi connectivity index (χ1n) is 9.61. The van der Waals surface area contributed by atoms with Crippen LogP contribution in [-0.4, -0.2) is 54.7 Å². The molecule has 1 fully saturated rings. The number of halogens is 1. The minimum atomic E-state index is -0.0667. The van der Waals surface area contributed by atoms with E-state index in [1.807, 2.05) is 19.1 Å². The summed E-state index contributed by atoms with van der Waals surface area (Å²) in [6, 6.07) is 7.33. The van der Waals surface area contributed by atoms with E-state index >= 15 is 0 Å². The van der Waals surface area contributed by atoms with Crippen molar-refractivity contribution >= 4 is 35.9 Å². The summed E-state index contributed by atoms with van der Waals surface area (Å²) in [5.41, 5.74) is 1.21. The Morgan fingerprint density at radius 2 is 1.93 bits per heavy atom. The molecule has 2 N–H and O–H groups in total. The average Bonchev–Trinajstić information content (AvgIpc) is 2.66. The molecule has 0 amide bonds. The SMILES string of the molecule is CCNC(=NCCCc1ccc(O)cc1)N1CCC(C(=O)OCC)CC1.I. The van der Waals surface area contributed by atoms with Gasteiger partial charge in [-0.15, -0.1) is 24.0 Å². The molecule has 0 saturated carbocycles. The number of phenolic OH excluding ortho intramolecular Hbond substituents is 1. The predicted molar refractivity (Wildman–Crippen MR) is 119 cm³/mol. The number of nitrogens with zero attached hydrogens (tertiary/aromatic N) is 2. The molecule has 7 heteroatoms. The van der Waals surface area contributed by atoms with Crippen LogP contribution in [0, 0.1) is 5.92 Å². The zero-order valence-corrected chi connectivity index (χ0v) is 18.6. The number of aromatic hydroxyl groups is 1. The number of benzene rings is 1. The highest BCUT2D eigenvalue weighted by Gasteiger charge is 2.27. The van der Waals surface area contributed by atoms with Gasteiger partial charge in [-0.3, -0.25) is 9.79 Å². The summed E-state index contributed by atoms with van der Waals surface area (Å²) in [6.07, 6.45) is 3.53. The maximum Gasteiger partial charge on any atom is 0.309 e. The quantitative estimate of drug-likeness (QED) is 0.202. The van der Waals surface area contributed by atoms with E-state index in [0.717, 1.165) is 57.8 Å². The topological polar surface area (TPSA) is 74.2 Å². The van der Waals surface area contributed by atoms with Crippen LogP contribution < -0.4 is 5.32 Å². The van der Waals surface area contributed by atoms with Gasteiger partial charge in [0.05, 0.1) is 12.5 Å². The summed E-state index contributed by atoms with van der Waals surface area (Å²) < 4.78 is 5.13.